The van der Waals surface area contributed by atoms with E-state index in [1.165, 1.54) is 10.5 Å². The predicted molar refractivity (Wildman–Crippen MR) is 67.3 cm³/mol. The maximum absolute atomic E-state index is 5.28. The number of methoxy groups -OCH3 is 1. The maximum Gasteiger partial charge on any atom is 0.102 e. The number of allylic oxidation sites excluding steroid dienone is 1. The van der Waals surface area contributed by atoms with Gasteiger partial charge in [-0.1, -0.05) is 24.6 Å². The zero-order valence-corrected chi connectivity index (χ0v) is 10.4. The fourth-order valence-corrected chi connectivity index (χ4v) is 2.28. The zero-order valence-electron chi connectivity index (χ0n) is 9.62. The van der Waals surface area contributed by atoms with Crippen LogP contribution in [0.1, 0.15) is 18.9 Å². The lowest BCUT2D eigenvalue weighted by Crippen LogP contribution is -1.90. The maximum atomic E-state index is 5.28. The van der Waals surface area contributed by atoms with Gasteiger partial charge in [0, 0.05) is 4.90 Å². The Kier molecular flexibility index (Phi) is 5.33. The molecule has 0 fully saturated rings. The van der Waals surface area contributed by atoms with Crippen LogP contribution < -0.4 is 0 Å². The summed E-state index contributed by atoms with van der Waals surface area (Å²) in [6.45, 7) is 4.24. The smallest absolute Gasteiger partial charge is 0.102 e. The Morgan fingerprint density at radius 3 is 2.87 bits per heavy atom. The highest BCUT2D eigenvalue weighted by atomic mass is 32.2. The summed E-state index contributed by atoms with van der Waals surface area (Å²) in [6, 6.07) is 8.54. The second kappa shape index (κ2) is 6.57. The highest BCUT2D eigenvalue weighted by molar-refractivity contribution is 7.99. The van der Waals surface area contributed by atoms with Crippen LogP contribution in [0.25, 0.3) is 0 Å². The first kappa shape index (κ1) is 12.2. The van der Waals surface area contributed by atoms with Crippen LogP contribution in [-0.2, 0) is 4.74 Å². The standard InChI is InChI=1S/C13H18OS/c1-4-6-12(14-3)10-15-13-8-5-7-11(2)9-13/h5-9H,4,10H2,1-3H3. The van der Waals surface area contributed by atoms with Gasteiger partial charge in [0.15, 0.2) is 0 Å². The van der Waals surface area contributed by atoms with Crippen LogP contribution in [0.3, 0.4) is 0 Å². The van der Waals surface area contributed by atoms with Gasteiger partial charge in [0.25, 0.3) is 0 Å². The van der Waals surface area contributed by atoms with Gasteiger partial charge in [0.05, 0.1) is 12.9 Å². The Hall–Kier alpha value is -0.890. The zero-order chi connectivity index (χ0) is 11.1. The van der Waals surface area contributed by atoms with Crippen LogP contribution in [0.4, 0.5) is 0 Å². The van der Waals surface area contributed by atoms with Crippen molar-refractivity contribution in [2.45, 2.75) is 25.2 Å². The first-order chi connectivity index (χ1) is 7.26. The number of hydrogen-bond donors (Lipinski definition) is 0. The summed E-state index contributed by atoms with van der Waals surface area (Å²) in [5, 5.41) is 0. The molecule has 0 atom stereocenters. The number of thioether (sulfide) groups is 1. The molecule has 0 heterocycles. The summed E-state index contributed by atoms with van der Waals surface area (Å²) in [6.07, 6.45) is 3.15. The second-order valence-corrected chi connectivity index (χ2v) is 4.44. The molecule has 82 valence electrons. The van der Waals surface area contributed by atoms with Gasteiger partial charge in [0.1, 0.15) is 5.76 Å². The van der Waals surface area contributed by atoms with E-state index < -0.39 is 0 Å². The van der Waals surface area contributed by atoms with Crippen molar-refractivity contribution >= 4 is 11.8 Å². The molecule has 0 N–H and O–H groups in total. The van der Waals surface area contributed by atoms with Gasteiger partial charge in [-0.2, -0.15) is 0 Å². The molecule has 0 amide bonds. The minimum atomic E-state index is 0.911. The van der Waals surface area contributed by atoms with Crippen LogP contribution >= 0.6 is 11.8 Å². The molecule has 0 aliphatic heterocycles. The Balaban J connectivity index is 2.52. The van der Waals surface area contributed by atoms with E-state index in [0.29, 0.717) is 0 Å². The highest BCUT2D eigenvalue weighted by Crippen LogP contribution is 2.21. The number of benzene rings is 1. The molecule has 0 aliphatic carbocycles. The molecule has 1 aromatic rings. The minimum absolute atomic E-state index is 0.911. The molecule has 15 heavy (non-hydrogen) atoms. The van der Waals surface area contributed by atoms with Crippen LogP contribution in [0.15, 0.2) is 41.0 Å². The molecule has 0 radical (unpaired) electrons. The summed E-state index contributed by atoms with van der Waals surface area (Å²) in [4.78, 5) is 1.30. The summed E-state index contributed by atoms with van der Waals surface area (Å²) in [5.74, 6) is 1.97. The molecule has 1 rings (SSSR count). The summed E-state index contributed by atoms with van der Waals surface area (Å²) in [5.41, 5.74) is 1.30. The molecule has 0 aromatic heterocycles. The van der Waals surface area contributed by atoms with Gasteiger partial charge in [-0.15, -0.1) is 11.8 Å². The predicted octanol–water partition coefficient (Wildman–Crippen LogP) is 4.03. The second-order valence-electron chi connectivity index (χ2n) is 3.39. The summed E-state index contributed by atoms with van der Waals surface area (Å²) in [7, 11) is 1.73. The van der Waals surface area contributed by atoms with Crippen molar-refractivity contribution < 1.29 is 4.74 Å². The van der Waals surface area contributed by atoms with Crippen molar-refractivity contribution in [1.29, 1.82) is 0 Å². The largest absolute Gasteiger partial charge is 0.501 e. The van der Waals surface area contributed by atoms with Gasteiger partial charge < -0.3 is 4.74 Å². The number of aryl methyl sites for hydroxylation is 1. The monoisotopic (exact) mass is 222 g/mol. The Bertz CT molecular complexity index is 331. The first-order valence-corrected chi connectivity index (χ1v) is 6.17. The normalized spacial score (nSPS) is 11.5. The first-order valence-electron chi connectivity index (χ1n) is 5.18. The fourth-order valence-electron chi connectivity index (χ4n) is 1.29. The quantitative estimate of drug-likeness (QED) is 0.549. The average Bonchev–Trinajstić information content (AvgIpc) is 2.24. The molecule has 0 aliphatic rings. The molecule has 0 unspecified atom stereocenters. The molecule has 0 saturated carbocycles. The Morgan fingerprint density at radius 1 is 1.47 bits per heavy atom. The van der Waals surface area contributed by atoms with Crippen LogP contribution in [0.2, 0.25) is 0 Å². The third kappa shape index (κ3) is 4.43. The lowest BCUT2D eigenvalue weighted by Gasteiger charge is -2.06. The van der Waals surface area contributed by atoms with Crippen LogP contribution in [0.5, 0.6) is 0 Å². The van der Waals surface area contributed by atoms with Crippen molar-refractivity contribution in [1.82, 2.24) is 0 Å². The Morgan fingerprint density at radius 2 is 2.27 bits per heavy atom. The van der Waals surface area contributed by atoms with Crippen molar-refractivity contribution in [2.75, 3.05) is 12.9 Å². The van der Waals surface area contributed by atoms with Gasteiger partial charge in [-0.05, 0) is 31.6 Å². The third-order valence-corrected chi connectivity index (χ3v) is 3.08. The van der Waals surface area contributed by atoms with Gasteiger partial charge >= 0.3 is 0 Å². The highest BCUT2D eigenvalue weighted by Gasteiger charge is 1.98. The average molecular weight is 222 g/mol. The molecular formula is C13H18OS. The van der Waals surface area contributed by atoms with Gasteiger partial charge in [-0.25, -0.2) is 0 Å². The van der Waals surface area contributed by atoms with E-state index in [0.717, 1.165) is 17.9 Å². The van der Waals surface area contributed by atoms with E-state index >= 15 is 0 Å². The summed E-state index contributed by atoms with van der Waals surface area (Å²) < 4.78 is 5.28. The molecule has 0 bridgehead atoms. The third-order valence-electron chi connectivity index (χ3n) is 2.06. The number of ether oxygens (including phenoxy) is 1. The van der Waals surface area contributed by atoms with Crippen molar-refractivity contribution in [3.63, 3.8) is 0 Å². The lowest BCUT2D eigenvalue weighted by molar-refractivity contribution is 0.294. The van der Waals surface area contributed by atoms with Gasteiger partial charge in [-0.3, -0.25) is 0 Å². The van der Waals surface area contributed by atoms with E-state index in [9.17, 15) is 0 Å². The Labute approximate surface area is 96.5 Å². The van der Waals surface area contributed by atoms with E-state index in [1.54, 1.807) is 7.11 Å². The molecule has 2 heteroatoms. The van der Waals surface area contributed by atoms with E-state index in [1.807, 2.05) is 11.8 Å². The lowest BCUT2D eigenvalue weighted by atomic mass is 10.2. The minimum Gasteiger partial charge on any atom is -0.501 e. The number of rotatable bonds is 5. The van der Waals surface area contributed by atoms with Crippen molar-refractivity contribution in [3.05, 3.63) is 41.7 Å². The van der Waals surface area contributed by atoms with Gasteiger partial charge in [0.2, 0.25) is 0 Å². The summed E-state index contributed by atoms with van der Waals surface area (Å²) >= 11 is 1.81. The molecule has 1 nitrogen and oxygen atoms in total. The van der Waals surface area contributed by atoms with Crippen LogP contribution in [0, 0.1) is 6.92 Å². The van der Waals surface area contributed by atoms with Crippen molar-refractivity contribution in [3.8, 4) is 0 Å². The van der Waals surface area contributed by atoms with Crippen molar-refractivity contribution in [2.24, 2.45) is 0 Å². The molecule has 0 saturated heterocycles. The van der Waals surface area contributed by atoms with E-state index in [2.05, 4.69) is 44.2 Å². The van der Waals surface area contributed by atoms with E-state index in [4.69, 9.17) is 4.74 Å². The fraction of sp³-hybridized carbons (Fsp3) is 0.385. The van der Waals surface area contributed by atoms with Crippen LogP contribution in [-0.4, -0.2) is 12.9 Å². The molecule has 1 aromatic carbocycles. The molecular weight excluding hydrogens is 204 g/mol. The topological polar surface area (TPSA) is 9.23 Å². The van der Waals surface area contributed by atoms with E-state index in [-0.39, 0.29) is 0 Å². The number of hydrogen-bond acceptors (Lipinski definition) is 2. The SMILES string of the molecule is CCC=C(CSc1cccc(C)c1)OC. The molecule has 0 spiro atoms.